The van der Waals surface area contributed by atoms with Gasteiger partial charge < -0.3 is 0 Å². The van der Waals surface area contributed by atoms with Crippen molar-refractivity contribution in [1.29, 1.82) is 0 Å². The van der Waals surface area contributed by atoms with E-state index in [1.807, 2.05) is 0 Å². The molecule has 0 aliphatic heterocycles. The molecule has 5 aromatic rings. The molecule has 0 nitrogen and oxygen atoms in total. The van der Waals surface area contributed by atoms with Crippen molar-refractivity contribution < 1.29 is 0 Å². The second-order valence-electron chi connectivity index (χ2n) is 10.9. The molecule has 2 heteroatoms. The molecule has 1 unspecified atom stereocenters. The fourth-order valence-electron chi connectivity index (χ4n) is 6.40. The second-order valence-corrected chi connectivity index (χ2v) is 15.6. The van der Waals surface area contributed by atoms with E-state index < -0.39 is 15.8 Å². The van der Waals surface area contributed by atoms with Crippen LogP contribution in [0.1, 0.15) is 43.2 Å². The smallest absolute Gasteiger partial charge is 0.00618 e. The Hall–Kier alpha value is -3.04. The highest BCUT2D eigenvalue weighted by molar-refractivity contribution is 7.80. The number of aryl methyl sites for hydroxylation is 2. The van der Waals surface area contributed by atoms with Crippen molar-refractivity contribution in [1.82, 2.24) is 0 Å². The molecule has 0 saturated heterocycles. The van der Waals surface area contributed by atoms with E-state index in [9.17, 15) is 0 Å². The molecule has 5 aromatic carbocycles. The Kier molecular flexibility index (Phi) is 8.58. The van der Waals surface area contributed by atoms with Crippen LogP contribution in [-0.4, -0.2) is 5.66 Å². The summed E-state index contributed by atoms with van der Waals surface area (Å²) < 4.78 is 0. The normalized spacial score (nSPS) is 14.8. The molecule has 0 radical (unpaired) electrons. The van der Waals surface area contributed by atoms with Gasteiger partial charge in [0.2, 0.25) is 0 Å². The Morgan fingerprint density at radius 3 is 1.43 bits per heavy atom. The van der Waals surface area contributed by atoms with Crippen LogP contribution >= 0.6 is 15.8 Å². The molecule has 1 fully saturated rings. The number of hydrogen-bond acceptors (Lipinski definition) is 0. The number of hydrogen-bond donors (Lipinski definition) is 0. The SMILES string of the molecule is Cc1cccc(P(c2ccccc2)c2ccccc2)c1-c1c(C)cccc1P(c1ccccc1)C1CCCCC1. The van der Waals surface area contributed by atoms with Gasteiger partial charge in [0.25, 0.3) is 0 Å². The average Bonchev–Trinajstić information content (AvgIpc) is 3.01. The minimum absolute atomic E-state index is 0.475. The van der Waals surface area contributed by atoms with E-state index in [1.165, 1.54) is 75.6 Å². The summed E-state index contributed by atoms with van der Waals surface area (Å²) in [6, 6.07) is 47.9. The van der Waals surface area contributed by atoms with Gasteiger partial charge in [0.15, 0.2) is 0 Å². The van der Waals surface area contributed by atoms with Crippen molar-refractivity contribution in [2.24, 2.45) is 0 Å². The lowest BCUT2D eigenvalue weighted by molar-refractivity contribution is 0.513. The Labute approximate surface area is 243 Å². The third-order valence-corrected chi connectivity index (χ3v) is 13.7. The van der Waals surface area contributed by atoms with Gasteiger partial charge in [0, 0.05) is 0 Å². The summed E-state index contributed by atoms with van der Waals surface area (Å²) in [6.07, 6.45) is 6.79. The molecule has 0 amide bonds. The predicted molar refractivity (Wildman–Crippen MR) is 180 cm³/mol. The Morgan fingerprint density at radius 1 is 0.450 bits per heavy atom. The van der Waals surface area contributed by atoms with E-state index in [1.54, 1.807) is 5.30 Å². The maximum atomic E-state index is 2.47. The van der Waals surface area contributed by atoms with Gasteiger partial charge in [0.1, 0.15) is 0 Å². The standard InChI is InChI=1S/C38H38P2/c1-29-17-15-27-35(39(31-19-7-3-8-20-31)32-21-9-4-10-22-32)37(29)38-30(2)18-16-28-36(38)40(33-23-11-5-12-24-33)34-25-13-6-14-26-34/h3-5,7-12,15-24,27-28,34H,6,13-14,25-26H2,1-2H3. The van der Waals surface area contributed by atoms with Crippen molar-refractivity contribution in [3.63, 3.8) is 0 Å². The van der Waals surface area contributed by atoms with Crippen LogP contribution in [0.25, 0.3) is 11.1 Å². The lowest BCUT2D eigenvalue weighted by Crippen LogP contribution is -2.28. The second kappa shape index (κ2) is 12.6. The van der Waals surface area contributed by atoms with Crippen LogP contribution in [0.15, 0.2) is 127 Å². The van der Waals surface area contributed by atoms with Crippen LogP contribution in [0.2, 0.25) is 0 Å². The highest BCUT2D eigenvalue weighted by Gasteiger charge is 2.31. The molecule has 0 bridgehead atoms. The van der Waals surface area contributed by atoms with E-state index >= 15 is 0 Å². The Morgan fingerprint density at radius 2 is 0.900 bits per heavy atom. The van der Waals surface area contributed by atoms with Crippen molar-refractivity contribution in [2.45, 2.75) is 51.6 Å². The first kappa shape index (κ1) is 27.1. The third kappa shape index (κ3) is 5.59. The summed E-state index contributed by atoms with van der Waals surface area (Å²) >= 11 is 0. The maximum absolute atomic E-state index is 2.47. The molecule has 0 spiro atoms. The van der Waals surface area contributed by atoms with Crippen LogP contribution in [0.3, 0.4) is 0 Å². The quantitative estimate of drug-likeness (QED) is 0.176. The van der Waals surface area contributed by atoms with Gasteiger partial charge in [-0.3, -0.25) is 0 Å². The zero-order valence-electron chi connectivity index (χ0n) is 23.6. The van der Waals surface area contributed by atoms with Crippen LogP contribution in [-0.2, 0) is 0 Å². The maximum Gasteiger partial charge on any atom is -0.00618 e. The van der Waals surface area contributed by atoms with Gasteiger partial charge in [-0.15, -0.1) is 0 Å². The number of rotatable bonds is 7. The summed E-state index contributed by atoms with van der Waals surface area (Å²) in [6.45, 7) is 4.66. The first-order valence-electron chi connectivity index (χ1n) is 14.7. The molecular formula is C38H38P2. The predicted octanol–water partition coefficient (Wildman–Crippen LogP) is 8.49. The van der Waals surface area contributed by atoms with Crippen molar-refractivity contribution >= 4 is 42.4 Å². The number of benzene rings is 5. The van der Waals surface area contributed by atoms with Crippen molar-refractivity contribution in [3.05, 3.63) is 139 Å². The summed E-state index contributed by atoms with van der Waals surface area (Å²) in [5, 5.41) is 7.38. The fourth-order valence-corrected chi connectivity index (χ4v) is 12.2. The lowest BCUT2D eigenvalue weighted by Gasteiger charge is -2.34. The summed E-state index contributed by atoms with van der Waals surface area (Å²) in [5.41, 5.74) is 6.44. The highest BCUT2D eigenvalue weighted by Crippen LogP contribution is 2.49. The van der Waals surface area contributed by atoms with E-state index in [2.05, 4.69) is 141 Å². The molecule has 1 aliphatic carbocycles. The molecule has 0 heterocycles. The van der Waals surface area contributed by atoms with E-state index in [0.717, 1.165) is 5.66 Å². The lowest BCUT2D eigenvalue weighted by atomic mass is 9.96. The van der Waals surface area contributed by atoms with E-state index in [4.69, 9.17) is 0 Å². The van der Waals surface area contributed by atoms with Gasteiger partial charge in [-0.05, 0) is 97.0 Å². The van der Waals surface area contributed by atoms with Crippen LogP contribution in [0.5, 0.6) is 0 Å². The van der Waals surface area contributed by atoms with Crippen LogP contribution in [0.4, 0.5) is 0 Å². The molecule has 200 valence electrons. The fraction of sp³-hybridized carbons (Fsp3) is 0.211. The Bertz CT molecular complexity index is 1500. The molecule has 1 saturated carbocycles. The van der Waals surface area contributed by atoms with Gasteiger partial charge in [-0.2, -0.15) is 0 Å². The van der Waals surface area contributed by atoms with Crippen molar-refractivity contribution in [2.75, 3.05) is 0 Å². The average molecular weight is 557 g/mol. The minimum Gasteiger partial charge on any atom is -0.0622 e. The van der Waals surface area contributed by atoms with E-state index in [-0.39, 0.29) is 0 Å². The zero-order chi connectivity index (χ0) is 27.3. The summed E-state index contributed by atoms with van der Waals surface area (Å²) in [4.78, 5) is 0. The molecule has 1 atom stereocenters. The molecule has 1 aliphatic rings. The van der Waals surface area contributed by atoms with Crippen LogP contribution in [0, 0.1) is 13.8 Å². The van der Waals surface area contributed by atoms with E-state index in [0.29, 0.717) is 0 Å². The van der Waals surface area contributed by atoms with Crippen molar-refractivity contribution in [3.8, 4) is 11.1 Å². The molecule has 40 heavy (non-hydrogen) atoms. The molecule has 6 rings (SSSR count). The monoisotopic (exact) mass is 556 g/mol. The summed E-state index contributed by atoms with van der Waals surface area (Å²) in [5.74, 6) is 0. The minimum atomic E-state index is -0.712. The van der Waals surface area contributed by atoms with Crippen LogP contribution < -0.4 is 26.5 Å². The molecule has 0 N–H and O–H groups in total. The zero-order valence-corrected chi connectivity index (χ0v) is 25.4. The first-order chi connectivity index (χ1) is 19.7. The largest absolute Gasteiger partial charge is 0.0622 e. The van der Waals surface area contributed by atoms with Gasteiger partial charge in [-0.25, -0.2) is 0 Å². The third-order valence-electron chi connectivity index (χ3n) is 8.26. The van der Waals surface area contributed by atoms with Gasteiger partial charge in [0.05, 0.1) is 0 Å². The van der Waals surface area contributed by atoms with Gasteiger partial charge >= 0.3 is 0 Å². The molecular weight excluding hydrogens is 518 g/mol. The Balaban J connectivity index is 1.61. The first-order valence-corrected chi connectivity index (χ1v) is 17.4. The molecule has 0 aromatic heterocycles. The van der Waals surface area contributed by atoms with Gasteiger partial charge in [-0.1, -0.05) is 147 Å². The topological polar surface area (TPSA) is 0 Å². The highest BCUT2D eigenvalue weighted by atomic mass is 31.1. The summed E-state index contributed by atoms with van der Waals surface area (Å²) in [7, 11) is -1.19.